The lowest BCUT2D eigenvalue weighted by atomic mass is 9.96. The van der Waals surface area contributed by atoms with Gasteiger partial charge in [0, 0.05) is 29.8 Å². The van der Waals surface area contributed by atoms with Crippen LogP contribution in [-0.2, 0) is 13.0 Å². The molecule has 0 heterocycles. The minimum atomic E-state index is -0.0857. The average molecular weight is 447 g/mol. The van der Waals surface area contributed by atoms with Crippen molar-refractivity contribution in [3.63, 3.8) is 0 Å². The van der Waals surface area contributed by atoms with E-state index in [9.17, 15) is 4.79 Å². The summed E-state index contributed by atoms with van der Waals surface area (Å²) in [5, 5.41) is 6.70. The number of amides is 1. The van der Waals surface area contributed by atoms with E-state index in [1.165, 1.54) is 22.3 Å². The van der Waals surface area contributed by atoms with E-state index in [-0.39, 0.29) is 5.91 Å². The lowest BCUT2D eigenvalue weighted by Crippen LogP contribution is -2.17. The largest absolute Gasteiger partial charge is 0.322 e. The first kappa shape index (κ1) is 22.1. The lowest BCUT2D eigenvalue weighted by molar-refractivity contribution is 0.102. The molecule has 3 heteroatoms. The van der Waals surface area contributed by atoms with Gasteiger partial charge in [-0.1, -0.05) is 85.8 Å². The maximum Gasteiger partial charge on any atom is 0.255 e. The summed E-state index contributed by atoms with van der Waals surface area (Å²) in [6.07, 6.45) is 2.12. The fraction of sp³-hybridized carbons (Fsp3) is 0.194. The topological polar surface area (TPSA) is 41.1 Å². The fourth-order valence-electron chi connectivity index (χ4n) is 4.59. The fourth-order valence-corrected chi connectivity index (χ4v) is 4.59. The Kier molecular flexibility index (Phi) is 6.55. The van der Waals surface area contributed by atoms with Crippen LogP contribution in [0.2, 0.25) is 0 Å². The highest BCUT2D eigenvalue weighted by Crippen LogP contribution is 2.41. The summed E-state index contributed by atoms with van der Waals surface area (Å²) in [4.78, 5) is 12.9. The summed E-state index contributed by atoms with van der Waals surface area (Å²) in [7, 11) is 0. The monoisotopic (exact) mass is 446 g/mol. The number of hydrogen-bond donors (Lipinski definition) is 2. The predicted octanol–water partition coefficient (Wildman–Crippen LogP) is 6.81. The maximum absolute atomic E-state index is 12.9. The first-order valence-electron chi connectivity index (χ1n) is 12.1. The second-order valence-corrected chi connectivity index (χ2v) is 8.98. The molecule has 0 unspecified atom stereocenters. The molecule has 2 atom stereocenters. The molecular weight excluding hydrogens is 416 g/mol. The molecule has 0 aromatic heterocycles. The van der Waals surface area contributed by atoms with Crippen molar-refractivity contribution in [3.05, 3.63) is 125 Å². The molecule has 0 aliphatic heterocycles. The molecule has 0 radical (unpaired) electrons. The molecule has 0 bridgehead atoms. The van der Waals surface area contributed by atoms with Crippen LogP contribution in [0.5, 0.6) is 0 Å². The Bertz CT molecular complexity index is 1260. The van der Waals surface area contributed by atoms with Gasteiger partial charge in [0.25, 0.3) is 5.91 Å². The van der Waals surface area contributed by atoms with Crippen LogP contribution in [0.25, 0.3) is 11.1 Å². The van der Waals surface area contributed by atoms with E-state index in [2.05, 4.69) is 78.2 Å². The maximum atomic E-state index is 12.9. The minimum absolute atomic E-state index is 0.0857. The number of hydrogen-bond acceptors (Lipinski definition) is 2. The Morgan fingerprint density at radius 3 is 2.41 bits per heavy atom. The third-order valence-electron chi connectivity index (χ3n) is 6.63. The molecule has 1 aliphatic rings. The summed E-state index contributed by atoms with van der Waals surface area (Å²) in [5.74, 6) is 0.459. The molecule has 2 N–H and O–H groups in total. The van der Waals surface area contributed by atoms with Gasteiger partial charge in [0.05, 0.1) is 0 Å². The highest BCUT2D eigenvalue weighted by Gasteiger charge is 2.37. The Hall–Kier alpha value is -3.69. The van der Waals surface area contributed by atoms with E-state index in [1.807, 2.05) is 42.5 Å². The van der Waals surface area contributed by atoms with E-state index in [0.717, 1.165) is 30.6 Å². The van der Waals surface area contributed by atoms with Gasteiger partial charge in [0.2, 0.25) is 0 Å². The van der Waals surface area contributed by atoms with Crippen molar-refractivity contribution in [3.8, 4) is 11.1 Å². The Morgan fingerprint density at radius 2 is 1.62 bits per heavy atom. The second-order valence-electron chi connectivity index (χ2n) is 8.98. The van der Waals surface area contributed by atoms with Gasteiger partial charge in [-0.3, -0.25) is 4.79 Å². The zero-order chi connectivity index (χ0) is 23.3. The smallest absolute Gasteiger partial charge is 0.255 e. The predicted molar refractivity (Wildman–Crippen MR) is 140 cm³/mol. The number of carbonyl (C=O) groups excluding carboxylic acids is 1. The summed E-state index contributed by atoms with van der Waals surface area (Å²) in [6, 6.07) is 35.6. The van der Waals surface area contributed by atoms with Gasteiger partial charge in [-0.2, -0.15) is 0 Å². The number of rotatable bonds is 8. The highest BCUT2D eigenvalue weighted by molar-refractivity contribution is 6.05. The van der Waals surface area contributed by atoms with Gasteiger partial charge in [0.1, 0.15) is 0 Å². The lowest BCUT2D eigenvalue weighted by Gasteiger charge is -2.11. The summed E-state index contributed by atoms with van der Waals surface area (Å²) in [5.41, 5.74) is 7.66. The highest BCUT2D eigenvalue weighted by atomic mass is 16.1. The van der Waals surface area contributed by atoms with E-state index in [0.29, 0.717) is 17.5 Å². The number of benzene rings is 4. The van der Waals surface area contributed by atoms with Crippen molar-refractivity contribution < 1.29 is 4.79 Å². The first-order valence-corrected chi connectivity index (χ1v) is 12.1. The van der Waals surface area contributed by atoms with Crippen LogP contribution in [-0.4, -0.2) is 11.9 Å². The normalized spacial score (nSPS) is 16.7. The summed E-state index contributed by atoms with van der Waals surface area (Å²) >= 11 is 0. The van der Waals surface area contributed by atoms with Crippen LogP contribution in [0.1, 0.15) is 46.3 Å². The molecule has 1 saturated carbocycles. The molecule has 3 nitrogen and oxygen atoms in total. The zero-order valence-corrected chi connectivity index (χ0v) is 19.5. The van der Waals surface area contributed by atoms with Crippen molar-refractivity contribution in [2.24, 2.45) is 0 Å². The molecule has 1 amide bonds. The Labute approximate surface area is 201 Å². The van der Waals surface area contributed by atoms with Gasteiger partial charge in [0.15, 0.2) is 0 Å². The van der Waals surface area contributed by atoms with Gasteiger partial charge in [-0.05, 0) is 64.9 Å². The molecule has 5 rings (SSSR count). The van der Waals surface area contributed by atoms with Crippen molar-refractivity contribution in [2.75, 3.05) is 5.32 Å². The Morgan fingerprint density at radius 1 is 0.853 bits per heavy atom. The minimum Gasteiger partial charge on any atom is -0.322 e. The molecule has 0 saturated heterocycles. The number of anilines is 1. The first-order chi connectivity index (χ1) is 16.7. The molecule has 4 aromatic rings. The zero-order valence-electron chi connectivity index (χ0n) is 19.5. The molecule has 34 heavy (non-hydrogen) atoms. The van der Waals surface area contributed by atoms with Crippen LogP contribution < -0.4 is 10.6 Å². The molecule has 4 aromatic carbocycles. The van der Waals surface area contributed by atoms with Gasteiger partial charge >= 0.3 is 0 Å². The number of nitrogens with one attached hydrogen (secondary N) is 2. The van der Waals surface area contributed by atoms with E-state index in [4.69, 9.17) is 0 Å². The van der Waals surface area contributed by atoms with Crippen LogP contribution in [0.15, 0.2) is 103 Å². The van der Waals surface area contributed by atoms with Crippen LogP contribution in [0.3, 0.4) is 0 Å². The standard InChI is InChI=1S/C31H30N2O/c1-2-23-11-6-7-14-28(23)25-12-8-13-26(19-25)31(34)33-27-17-15-24(16-18-27)29-20-30(29)32-21-22-9-4-3-5-10-22/h3-19,29-30,32H,2,20-21H2,1H3,(H,33,34)/t29-,30+/m0/s1. The van der Waals surface area contributed by atoms with Crippen molar-refractivity contribution >= 4 is 11.6 Å². The second kappa shape index (κ2) is 10.1. The van der Waals surface area contributed by atoms with Crippen LogP contribution in [0.4, 0.5) is 5.69 Å². The van der Waals surface area contributed by atoms with Crippen molar-refractivity contribution in [1.82, 2.24) is 5.32 Å². The molecular formula is C31H30N2O. The van der Waals surface area contributed by atoms with Crippen LogP contribution in [0, 0.1) is 0 Å². The third kappa shape index (κ3) is 5.11. The van der Waals surface area contributed by atoms with Crippen molar-refractivity contribution in [1.29, 1.82) is 0 Å². The molecule has 170 valence electrons. The number of aryl methyl sites for hydroxylation is 1. The number of carbonyl (C=O) groups is 1. The Balaban J connectivity index is 1.20. The quantitative estimate of drug-likeness (QED) is 0.312. The molecule has 0 spiro atoms. The van der Waals surface area contributed by atoms with E-state index in [1.54, 1.807) is 0 Å². The summed E-state index contributed by atoms with van der Waals surface area (Å²) < 4.78 is 0. The van der Waals surface area contributed by atoms with E-state index < -0.39 is 0 Å². The van der Waals surface area contributed by atoms with Crippen LogP contribution >= 0.6 is 0 Å². The van der Waals surface area contributed by atoms with Gasteiger partial charge < -0.3 is 10.6 Å². The van der Waals surface area contributed by atoms with Gasteiger partial charge in [-0.15, -0.1) is 0 Å². The summed E-state index contributed by atoms with van der Waals surface area (Å²) in [6.45, 7) is 3.06. The molecule has 1 aliphatic carbocycles. The SMILES string of the molecule is CCc1ccccc1-c1cccc(C(=O)Nc2ccc([C@@H]3C[C@H]3NCc3ccccc3)cc2)c1. The molecule has 1 fully saturated rings. The third-order valence-corrected chi connectivity index (χ3v) is 6.63. The van der Waals surface area contributed by atoms with Gasteiger partial charge in [-0.25, -0.2) is 0 Å². The average Bonchev–Trinajstić information content (AvgIpc) is 3.68. The van der Waals surface area contributed by atoms with Crippen molar-refractivity contribution in [2.45, 2.75) is 38.3 Å². The van der Waals surface area contributed by atoms with E-state index >= 15 is 0 Å².